The molecule has 2 atom stereocenters. The normalized spacial score (nSPS) is 29.8. The van der Waals surface area contributed by atoms with Crippen LogP contribution in [-0.4, -0.2) is 34.8 Å². The fourth-order valence-corrected chi connectivity index (χ4v) is 4.37. The summed E-state index contributed by atoms with van der Waals surface area (Å²) in [5.74, 6) is 2.08. The van der Waals surface area contributed by atoms with Crippen LogP contribution in [0.5, 0.6) is 0 Å². The van der Waals surface area contributed by atoms with E-state index in [1.165, 1.54) is 25.0 Å². The van der Waals surface area contributed by atoms with Crippen molar-refractivity contribution in [2.75, 3.05) is 18.9 Å². The Hall–Kier alpha value is 0.270. The Kier molecular flexibility index (Phi) is 6.90. The van der Waals surface area contributed by atoms with Crippen molar-refractivity contribution in [3.05, 3.63) is 0 Å². The Bertz CT molecular complexity index is 206. The lowest BCUT2D eigenvalue weighted by Gasteiger charge is -2.40. The molecule has 1 rings (SSSR count). The highest BCUT2D eigenvalue weighted by atomic mass is 32.2. The van der Waals surface area contributed by atoms with Crippen LogP contribution in [0, 0.1) is 5.92 Å². The first-order valence-corrected chi connectivity index (χ1v) is 8.14. The molecule has 0 amide bonds. The summed E-state index contributed by atoms with van der Waals surface area (Å²) in [5, 5.41) is 13.9. The van der Waals surface area contributed by atoms with Gasteiger partial charge in [0, 0.05) is 10.8 Å². The minimum Gasteiger partial charge on any atom is -0.394 e. The second-order valence-corrected chi connectivity index (χ2v) is 7.15. The lowest BCUT2D eigenvalue weighted by atomic mass is 9.82. The van der Waals surface area contributed by atoms with Crippen LogP contribution in [-0.2, 0) is 0 Å². The molecule has 1 aliphatic carbocycles. The number of likely N-dealkylation sites (N-methyl/N-ethyl adjacent to an activating group) is 1. The summed E-state index contributed by atoms with van der Waals surface area (Å²) < 4.78 is 0. The Morgan fingerprint density at radius 1 is 1.47 bits per heavy atom. The van der Waals surface area contributed by atoms with Crippen LogP contribution in [0.4, 0.5) is 0 Å². The molecule has 0 aromatic heterocycles. The van der Waals surface area contributed by atoms with Crippen molar-refractivity contribution in [2.24, 2.45) is 5.92 Å². The summed E-state index contributed by atoms with van der Waals surface area (Å²) in [6.45, 7) is 7.97. The Balaban J connectivity index is 2.36. The molecule has 2 nitrogen and oxygen atoms in total. The molecule has 0 radical (unpaired) electrons. The van der Waals surface area contributed by atoms with E-state index in [2.05, 4.69) is 37.8 Å². The van der Waals surface area contributed by atoms with Gasteiger partial charge in [0.1, 0.15) is 0 Å². The van der Waals surface area contributed by atoms with Gasteiger partial charge in [-0.25, -0.2) is 0 Å². The highest BCUT2D eigenvalue weighted by Gasteiger charge is 2.35. The fourth-order valence-electron chi connectivity index (χ4n) is 2.66. The SMILES string of the molecule is CCNC1(CO)CCCC(SCCC(C)C)C1. The molecule has 0 aromatic rings. The Labute approximate surface area is 111 Å². The van der Waals surface area contributed by atoms with Gasteiger partial charge in [-0.3, -0.25) is 0 Å². The molecule has 0 saturated heterocycles. The van der Waals surface area contributed by atoms with Crippen molar-refractivity contribution in [1.29, 1.82) is 0 Å². The summed E-state index contributed by atoms with van der Waals surface area (Å²) in [4.78, 5) is 0. The molecule has 2 unspecified atom stereocenters. The number of rotatable bonds is 7. The van der Waals surface area contributed by atoms with Gasteiger partial charge in [0.2, 0.25) is 0 Å². The first-order valence-electron chi connectivity index (χ1n) is 7.09. The van der Waals surface area contributed by atoms with Gasteiger partial charge in [0.25, 0.3) is 0 Å². The van der Waals surface area contributed by atoms with Crippen LogP contribution in [0.25, 0.3) is 0 Å². The third-order valence-corrected chi connectivity index (χ3v) is 5.05. The van der Waals surface area contributed by atoms with Gasteiger partial charge < -0.3 is 10.4 Å². The van der Waals surface area contributed by atoms with E-state index in [1.54, 1.807) is 0 Å². The average molecular weight is 259 g/mol. The van der Waals surface area contributed by atoms with Crippen molar-refractivity contribution in [2.45, 2.75) is 63.7 Å². The summed E-state index contributed by atoms with van der Waals surface area (Å²) >= 11 is 2.12. The molecule has 0 heterocycles. The molecule has 17 heavy (non-hydrogen) atoms. The highest BCUT2D eigenvalue weighted by Crippen LogP contribution is 2.35. The van der Waals surface area contributed by atoms with Crippen LogP contribution in [0.15, 0.2) is 0 Å². The van der Waals surface area contributed by atoms with Crippen molar-refractivity contribution in [3.63, 3.8) is 0 Å². The van der Waals surface area contributed by atoms with E-state index in [9.17, 15) is 5.11 Å². The minimum atomic E-state index is 0.0164. The second kappa shape index (κ2) is 7.65. The van der Waals surface area contributed by atoms with Crippen molar-refractivity contribution >= 4 is 11.8 Å². The van der Waals surface area contributed by atoms with Crippen molar-refractivity contribution in [3.8, 4) is 0 Å². The average Bonchev–Trinajstić information content (AvgIpc) is 2.29. The summed E-state index contributed by atoms with van der Waals surface area (Å²) in [5.41, 5.74) is 0.0164. The monoisotopic (exact) mass is 259 g/mol. The Morgan fingerprint density at radius 2 is 2.24 bits per heavy atom. The second-order valence-electron chi connectivity index (χ2n) is 5.74. The summed E-state index contributed by atoms with van der Waals surface area (Å²) in [6, 6.07) is 0. The first-order chi connectivity index (χ1) is 8.12. The number of thioether (sulfide) groups is 1. The van der Waals surface area contributed by atoms with Crippen LogP contribution >= 0.6 is 11.8 Å². The van der Waals surface area contributed by atoms with Gasteiger partial charge in [-0.05, 0) is 43.9 Å². The molecule has 102 valence electrons. The fraction of sp³-hybridized carbons (Fsp3) is 1.00. The van der Waals surface area contributed by atoms with Gasteiger partial charge >= 0.3 is 0 Å². The van der Waals surface area contributed by atoms with E-state index < -0.39 is 0 Å². The largest absolute Gasteiger partial charge is 0.394 e. The molecular weight excluding hydrogens is 230 g/mol. The van der Waals surface area contributed by atoms with Crippen LogP contribution in [0.2, 0.25) is 0 Å². The molecule has 1 aliphatic rings. The van der Waals surface area contributed by atoms with Gasteiger partial charge in [0.15, 0.2) is 0 Å². The van der Waals surface area contributed by atoms with Gasteiger partial charge in [-0.15, -0.1) is 0 Å². The lowest BCUT2D eigenvalue weighted by molar-refractivity contribution is 0.125. The van der Waals surface area contributed by atoms with E-state index in [4.69, 9.17) is 0 Å². The standard InChI is InChI=1S/C14H29NOS/c1-4-15-14(11-16)8-5-6-13(10-14)17-9-7-12(2)3/h12-13,15-16H,4-11H2,1-3H3. The van der Waals surface area contributed by atoms with Gasteiger partial charge in [0.05, 0.1) is 6.61 Å². The number of hydrogen-bond acceptors (Lipinski definition) is 3. The highest BCUT2D eigenvalue weighted by molar-refractivity contribution is 7.99. The van der Waals surface area contributed by atoms with E-state index >= 15 is 0 Å². The lowest BCUT2D eigenvalue weighted by Crippen LogP contribution is -2.52. The van der Waals surface area contributed by atoms with E-state index in [0.717, 1.165) is 30.6 Å². The zero-order valence-electron chi connectivity index (χ0n) is 11.7. The number of hydrogen-bond donors (Lipinski definition) is 2. The quantitative estimate of drug-likeness (QED) is 0.737. The number of aliphatic hydroxyl groups is 1. The van der Waals surface area contributed by atoms with Crippen LogP contribution < -0.4 is 5.32 Å². The molecular formula is C14H29NOS. The molecule has 0 aliphatic heterocycles. The number of aliphatic hydroxyl groups excluding tert-OH is 1. The van der Waals surface area contributed by atoms with Crippen molar-refractivity contribution in [1.82, 2.24) is 5.32 Å². The molecule has 1 saturated carbocycles. The molecule has 0 aromatic carbocycles. The van der Waals surface area contributed by atoms with Gasteiger partial charge in [-0.2, -0.15) is 11.8 Å². The minimum absolute atomic E-state index is 0.0164. The third kappa shape index (κ3) is 5.19. The molecule has 3 heteroatoms. The predicted molar refractivity (Wildman–Crippen MR) is 77.7 cm³/mol. The third-order valence-electron chi connectivity index (χ3n) is 3.70. The molecule has 0 spiro atoms. The van der Waals surface area contributed by atoms with Crippen LogP contribution in [0.1, 0.15) is 52.9 Å². The van der Waals surface area contributed by atoms with E-state index in [1.807, 2.05) is 0 Å². The smallest absolute Gasteiger partial charge is 0.0613 e. The Morgan fingerprint density at radius 3 is 2.82 bits per heavy atom. The van der Waals surface area contributed by atoms with E-state index in [0.29, 0.717) is 6.61 Å². The maximum atomic E-state index is 9.63. The first kappa shape index (κ1) is 15.3. The van der Waals surface area contributed by atoms with E-state index in [-0.39, 0.29) is 5.54 Å². The molecule has 0 bridgehead atoms. The topological polar surface area (TPSA) is 32.3 Å². The molecule has 2 N–H and O–H groups in total. The zero-order valence-corrected chi connectivity index (χ0v) is 12.5. The molecule has 1 fully saturated rings. The summed E-state index contributed by atoms with van der Waals surface area (Å²) in [7, 11) is 0. The van der Waals surface area contributed by atoms with Crippen molar-refractivity contribution < 1.29 is 5.11 Å². The zero-order chi connectivity index (χ0) is 12.7. The number of nitrogens with one attached hydrogen (secondary N) is 1. The summed E-state index contributed by atoms with van der Waals surface area (Å²) in [6.07, 6.45) is 6.18. The maximum Gasteiger partial charge on any atom is 0.0613 e. The van der Waals surface area contributed by atoms with Gasteiger partial charge in [-0.1, -0.05) is 27.2 Å². The maximum absolute atomic E-state index is 9.63. The van der Waals surface area contributed by atoms with Crippen LogP contribution in [0.3, 0.4) is 0 Å². The predicted octanol–water partition coefficient (Wildman–Crippen LogP) is 3.05.